The minimum absolute atomic E-state index is 0.117. The molecule has 4 aromatic carbocycles. The van der Waals surface area contributed by atoms with Crippen LogP contribution in [0.2, 0.25) is 0 Å². The molecule has 0 bridgehead atoms. The van der Waals surface area contributed by atoms with Crippen molar-refractivity contribution in [1.29, 1.82) is 0 Å². The molecule has 3 heteroatoms. The fraction of sp³-hybridized carbons (Fsp3) is 0.103. The van der Waals surface area contributed by atoms with Gasteiger partial charge in [-0.3, -0.25) is 4.79 Å². The molecule has 0 amide bonds. The summed E-state index contributed by atoms with van der Waals surface area (Å²) in [6, 6.07) is 35.2. The molecule has 0 fully saturated rings. The van der Waals surface area contributed by atoms with Gasteiger partial charge in [0, 0.05) is 5.56 Å². The first-order chi connectivity index (χ1) is 15.5. The molecule has 0 radical (unpaired) electrons. The molecule has 0 aromatic heterocycles. The van der Waals surface area contributed by atoms with Crippen LogP contribution in [0.5, 0.6) is 0 Å². The van der Waals surface area contributed by atoms with Crippen LogP contribution in [0.25, 0.3) is 0 Å². The Hall–Kier alpha value is -3.98. The van der Waals surface area contributed by atoms with Crippen molar-refractivity contribution in [2.75, 3.05) is 0 Å². The third-order valence-electron chi connectivity index (χ3n) is 5.06. The topological polar surface area (TPSA) is 54.4 Å². The van der Waals surface area contributed by atoms with Gasteiger partial charge in [-0.2, -0.15) is 0 Å². The Balaban J connectivity index is 0.000000181. The summed E-state index contributed by atoms with van der Waals surface area (Å²) in [6.07, 6.45) is 1.75. The fourth-order valence-corrected chi connectivity index (χ4v) is 3.29. The van der Waals surface area contributed by atoms with Gasteiger partial charge < -0.3 is 5.11 Å². The number of hydrogen-bond acceptors (Lipinski definition) is 2. The third-order valence-corrected chi connectivity index (χ3v) is 5.06. The van der Waals surface area contributed by atoms with E-state index in [-0.39, 0.29) is 5.78 Å². The lowest BCUT2D eigenvalue weighted by Crippen LogP contribution is -1.96. The van der Waals surface area contributed by atoms with Gasteiger partial charge in [0.25, 0.3) is 0 Å². The number of carboxylic acid groups (broad SMARTS) is 1. The van der Waals surface area contributed by atoms with Gasteiger partial charge in [-0.05, 0) is 54.2 Å². The summed E-state index contributed by atoms with van der Waals surface area (Å²) in [6.45, 7) is 1.59. The summed E-state index contributed by atoms with van der Waals surface area (Å²) in [5.74, 6) is -0.766. The van der Waals surface area contributed by atoms with Crippen LogP contribution in [0.1, 0.15) is 49.9 Å². The van der Waals surface area contributed by atoms with Crippen molar-refractivity contribution < 1.29 is 14.7 Å². The molecule has 0 spiro atoms. The van der Waals surface area contributed by atoms with E-state index in [4.69, 9.17) is 5.11 Å². The predicted molar refractivity (Wildman–Crippen MR) is 128 cm³/mol. The average molecular weight is 423 g/mol. The van der Waals surface area contributed by atoms with E-state index in [1.54, 1.807) is 19.1 Å². The van der Waals surface area contributed by atoms with Crippen LogP contribution >= 0.6 is 0 Å². The van der Waals surface area contributed by atoms with Crippen molar-refractivity contribution in [1.82, 2.24) is 0 Å². The zero-order valence-electron chi connectivity index (χ0n) is 18.1. The molecular weight excluding hydrogens is 396 g/mol. The number of hydrogen-bond donors (Lipinski definition) is 1. The van der Waals surface area contributed by atoms with Gasteiger partial charge in [-0.25, -0.2) is 4.79 Å². The number of Topliss-reactive ketones (excluding diaryl/α,β-unsaturated/α-hetero) is 1. The van der Waals surface area contributed by atoms with Crippen LogP contribution < -0.4 is 0 Å². The first kappa shape index (κ1) is 22.7. The van der Waals surface area contributed by atoms with Gasteiger partial charge in [0.05, 0.1) is 5.56 Å². The van der Waals surface area contributed by atoms with Crippen LogP contribution in [0.3, 0.4) is 0 Å². The van der Waals surface area contributed by atoms with Crippen LogP contribution in [-0.4, -0.2) is 16.9 Å². The summed E-state index contributed by atoms with van der Waals surface area (Å²) in [5.41, 5.74) is 5.98. The Morgan fingerprint density at radius 2 is 0.875 bits per heavy atom. The van der Waals surface area contributed by atoms with E-state index in [0.717, 1.165) is 24.0 Å². The molecule has 0 aliphatic rings. The number of ketones is 1. The van der Waals surface area contributed by atoms with E-state index in [2.05, 4.69) is 24.3 Å². The van der Waals surface area contributed by atoms with E-state index in [9.17, 15) is 9.59 Å². The first-order valence-corrected chi connectivity index (χ1v) is 10.5. The minimum Gasteiger partial charge on any atom is -0.478 e. The van der Waals surface area contributed by atoms with Crippen molar-refractivity contribution >= 4 is 11.8 Å². The van der Waals surface area contributed by atoms with Crippen molar-refractivity contribution in [3.05, 3.63) is 143 Å². The average Bonchev–Trinajstić information content (AvgIpc) is 2.82. The molecule has 0 saturated heterocycles. The van der Waals surface area contributed by atoms with E-state index < -0.39 is 5.97 Å². The zero-order valence-corrected chi connectivity index (χ0v) is 18.1. The number of rotatable bonds is 6. The third kappa shape index (κ3) is 7.06. The monoisotopic (exact) mass is 422 g/mol. The number of aromatic carboxylic acids is 1. The lowest BCUT2D eigenvalue weighted by atomic mass is 10.0. The maximum atomic E-state index is 11.1. The Morgan fingerprint density at radius 3 is 1.22 bits per heavy atom. The molecule has 0 unspecified atom stereocenters. The number of carbonyl (C=O) groups is 2. The van der Waals surface area contributed by atoms with E-state index in [1.165, 1.54) is 16.7 Å². The molecule has 3 nitrogen and oxygen atoms in total. The fourth-order valence-electron chi connectivity index (χ4n) is 3.29. The van der Waals surface area contributed by atoms with Crippen molar-refractivity contribution in [2.24, 2.45) is 0 Å². The summed E-state index contributed by atoms with van der Waals surface area (Å²) < 4.78 is 0. The summed E-state index contributed by atoms with van der Waals surface area (Å²) >= 11 is 0. The molecule has 0 saturated carbocycles. The second-order valence-electron chi connectivity index (χ2n) is 7.58. The smallest absolute Gasteiger partial charge is 0.335 e. The minimum atomic E-state index is -0.883. The normalized spacial score (nSPS) is 10.0. The Morgan fingerprint density at radius 1 is 0.531 bits per heavy atom. The molecule has 0 aliphatic carbocycles. The number of carboxylic acids is 1. The van der Waals surface area contributed by atoms with Gasteiger partial charge in [-0.15, -0.1) is 0 Å². The largest absolute Gasteiger partial charge is 0.478 e. The van der Waals surface area contributed by atoms with Crippen molar-refractivity contribution in [2.45, 2.75) is 19.8 Å². The summed E-state index contributed by atoms with van der Waals surface area (Å²) in [4.78, 5) is 21.8. The molecule has 32 heavy (non-hydrogen) atoms. The summed E-state index contributed by atoms with van der Waals surface area (Å²) in [5, 5.41) is 8.77. The highest BCUT2D eigenvalue weighted by atomic mass is 16.4. The highest BCUT2D eigenvalue weighted by molar-refractivity contribution is 5.94. The molecule has 0 aliphatic heterocycles. The molecule has 1 N–H and O–H groups in total. The van der Waals surface area contributed by atoms with Gasteiger partial charge >= 0.3 is 5.97 Å². The Kier molecular flexibility index (Phi) is 8.10. The molecule has 0 heterocycles. The standard InChI is InChI=1S/C15H14O.C14H12O2/c1-12(16)15-9-7-14(8-10-15)11-13-5-3-2-4-6-13;15-14(16)13-8-6-12(7-9-13)10-11-4-2-1-3-5-11/h2-10H,11H2,1H3;1-9H,10H2,(H,15,16). The van der Waals surface area contributed by atoms with Crippen LogP contribution in [0, 0.1) is 0 Å². The Bertz CT molecular complexity index is 1040. The molecule has 4 rings (SSSR count). The second-order valence-corrected chi connectivity index (χ2v) is 7.58. The Labute approximate surface area is 189 Å². The predicted octanol–water partition coefficient (Wildman–Crippen LogP) is 6.46. The van der Waals surface area contributed by atoms with Gasteiger partial charge in [0.2, 0.25) is 0 Å². The highest BCUT2D eigenvalue weighted by Gasteiger charge is 2.02. The quantitative estimate of drug-likeness (QED) is 0.363. The number of carbonyl (C=O) groups excluding carboxylic acids is 1. The van der Waals surface area contributed by atoms with Gasteiger partial charge in [0.1, 0.15) is 0 Å². The highest BCUT2D eigenvalue weighted by Crippen LogP contribution is 2.12. The van der Waals surface area contributed by atoms with Crippen molar-refractivity contribution in [3.8, 4) is 0 Å². The van der Waals surface area contributed by atoms with E-state index >= 15 is 0 Å². The van der Waals surface area contributed by atoms with E-state index in [0.29, 0.717) is 5.56 Å². The maximum absolute atomic E-state index is 11.1. The van der Waals surface area contributed by atoms with Crippen LogP contribution in [-0.2, 0) is 12.8 Å². The second kappa shape index (κ2) is 11.4. The lowest BCUT2D eigenvalue weighted by Gasteiger charge is -2.02. The number of benzene rings is 4. The summed E-state index contributed by atoms with van der Waals surface area (Å²) in [7, 11) is 0. The zero-order chi connectivity index (χ0) is 22.8. The first-order valence-electron chi connectivity index (χ1n) is 10.5. The molecule has 160 valence electrons. The van der Waals surface area contributed by atoms with Gasteiger partial charge in [-0.1, -0.05) is 97.1 Å². The SMILES string of the molecule is CC(=O)c1ccc(Cc2ccccc2)cc1.O=C(O)c1ccc(Cc2ccccc2)cc1. The van der Waals surface area contributed by atoms with Crippen molar-refractivity contribution in [3.63, 3.8) is 0 Å². The van der Waals surface area contributed by atoms with Gasteiger partial charge in [0.15, 0.2) is 5.78 Å². The van der Waals surface area contributed by atoms with Crippen LogP contribution in [0.4, 0.5) is 0 Å². The molecule has 0 atom stereocenters. The molecular formula is C29H26O3. The van der Waals surface area contributed by atoms with Crippen LogP contribution in [0.15, 0.2) is 109 Å². The maximum Gasteiger partial charge on any atom is 0.335 e. The lowest BCUT2D eigenvalue weighted by molar-refractivity contribution is 0.0696. The van der Waals surface area contributed by atoms with E-state index in [1.807, 2.05) is 72.8 Å². The molecule has 4 aromatic rings.